The molecule has 0 aliphatic heterocycles. The van der Waals surface area contributed by atoms with Crippen LogP contribution in [0.4, 0.5) is 23.3 Å². The van der Waals surface area contributed by atoms with Crippen LogP contribution in [0.1, 0.15) is 80.8 Å². The first-order valence-corrected chi connectivity index (χ1v) is 22.4. The number of carbonyl (C=O) groups is 2. The number of esters is 1. The van der Waals surface area contributed by atoms with E-state index in [1.54, 1.807) is 33.5 Å². The van der Waals surface area contributed by atoms with Gasteiger partial charge in [-0.25, -0.2) is 24.7 Å². The molecule has 15 nitrogen and oxygen atoms in total. The van der Waals surface area contributed by atoms with Crippen molar-refractivity contribution in [2.45, 2.75) is 65.7 Å². The van der Waals surface area contributed by atoms with Gasteiger partial charge in [0.15, 0.2) is 0 Å². The second-order valence-electron chi connectivity index (χ2n) is 14.8. The fourth-order valence-corrected chi connectivity index (χ4v) is 8.54. The molecular weight excluding hydrogens is 948 g/mol. The normalized spacial score (nSPS) is 12.1. The molecule has 7 aromatic rings. The topological polar surface area (TPSA) is 190 Å². The summed E-state index contributed by atoms with van der Waals surface area (Å²) in [5, 5.41) is 14.8. The maximum absolute atomic E-state index is 13.4. The summed E-state index contributed by atoms with van der Waals surface area (Å²) in [5.74, 6) is 2.07. The van der Waals surface area contributed by atoms with Gasteiger partial charge in [0.2, 0.25) is 29.2 Å². The predicted octanol–water partition coefficient (Wildman–Crippen LogP) is 10.2. The highest BCUT2D eigenvalue weighted by molar-refractivity contribution is 9.10. The Bertz CT molecular complexity index is 2860. The molecule has 2 aliphatic carbocycles. The van der Waals surface area contributed by atoms with E-state index < -0.39 is 5.97 Å². The van der Waals surface area contributed by atoms with Crippen molar-refractivity contribution in [2.75, 3.05) is 31.5 Å². The van der Waals surface area contributed by atoms with Crippen LogP contribution in [0.2, 0.25) is 0 Å². The molecule has 3 aromatic carbocycles. The molecule has 64 heavy (non-hydrogen) atoms. The first kappa shape index (κ1) is 44.2. The molecular formula is C47H44Br2N8O7. The van der Waals surface area contributed by atoms with E-state index in [0.717, 1.165) is 67.4 Å². The van der Waals surface area contributed by atoms with Gasteiger partial charge in [-0.1, -0.05) is 74.2 Å². The SMILES string of the molecule is CCOC(=O)c1onc2c1CCc1cnc(Nc3ccc(Br)cc3OC)nc1-2.CCc1cccc(CC)c1CC(=O)c1onc2c1CCc1cnc(Nc3ccc(Br)cc3OC)nc1-2. The molecule has 4 aromatic heterocycles. The van der Waals surface area contributed by atoms with Gasteiger partial charge in [-0.3, -0.25) is 4.79 Å². The summed E-state index contributed by atoms with van der Waals surface area (Å²) >= 11 is 6.87. The molecule has 0 spiro atoms. The van der Waals surface area contributed by atoms with E-state index in [-0.39, 0.29) is 18.2 Å². The van der Waals surface area contributed by atoms with Crippen LogP contribution in [-0.2, 0) is 49.7 Å². The molecule has 0 saturated heterocycles. The lowest BCUT2D eigenvalue weighted by atomic mass is 9.89. The van der Waals surface area contributed by atoms with Crippen molar-refractivity contribution >= 4 is 66.9 Å². The number of nitrogens with zero attached hydrogens (tertiary/aromatic N) is 6. The second-order valence-corrected chi connectivity index (χ2v) is 16.7. The Morgan fingerprint density at radius 1 is 0.672 bits per heavy atom. The first-order valence-electron chi connectivity index (χ1n) is 20.8. The molecule has 2 aliphatic rings. The Hall–Kier alpha value is -6.46. The number of benzene rings is 3. The zero-order valence-electron chi connectivity index (χ0n) is 35.8. The highest BCUT2D eigenvalue weighted by atomic mass is 79.9. The Morgan fingerprint density at radius 2 is 1.17 bits per heavy atom. The third-order valence-corrected chi connectivity index (χ3v) is 12.0. The van der Waals surface area contributed by atoms with Crippen LogP contribution in [0.15, 0.2) is 85.0 Å². The molecule has 17 heteroatoms. The maximum Gasteiger partial charge on any atom is 0.377 e. The fourth-order valence-electron chi connectivity index (χ4n) is 7.86. The maximum atomic E-state index is 13.4. The van der Waals surface area contributed by atoms with E-state index in [4.69, 9.17) is 28.2 Å². The standard InChI is InChI=1S/C28H27BrN4O3.C19H17BrN4O4/c1-4-16-7-6-8-17(5-2)21(16)14-23(34)27-20-11-9-18-15-30-28(32-25(18)26(20)33-36-27)31-22-12-10-19(29)13-24(22)35-3;1-3-27-18(25)17-12-6-4-10-9-21-19(23-15(10)16(12)24-28-17)22-13-7-5-11(20)8-14(13)26-2/h6-8,10,12-13,15H,4-5,9,11,14H2,1-3H3,(H,30,31,32);5,7-9H,3-4,6H2,1-2H3,(H,21,22,23). The van der Waals surface area contributed by atoms with E-state index in [1.165, 1.54) is 11.1 Å². The van der Waals surface area contributed by atoms with Crippen molar-refractivity contribution in [3.05, 3.63) is 126 Å². The monoisotopic (exact) mass is 990 g/mol. The second kappa shape index (κ2) is 19.5. The molecule has 0 radical (unpaired) electrons. The number of anilines is 4. The van der Waals surface area contributed by atoms with E-state index in [9.17, 15) is 9.59 Å². The van der Waals surface area contributed by atoms with Crippen LogP contribution in [-0.4, -0.2) is 62.8 Å². The van der Waals surface area contributed by atoms with Crippen molar-refractivity contribution in [3.8, 4) is 34.3 Å². The Balaban J connectivity index is 0.000000181. The van der Waals surface area contributed by atoms with Gasteiger partial charge in [0.05, 0.1) is 32.2 Å². The van der Waals surface area contributed by atoms with Gasteiger partial charge >= 0.3 is 5.97 Å². The van der Waals surface area contributed by atoms with Crippen LogP contribution in [0.25, 0.3) is 22.8 Å². The van der Waals surface area contributed by atoms with E-state index in [1.807, 2.05) is 36.4 Å². The molecule has 0 unspecified atom stereocenters. The summed E-state index contributed by atoms with van der Waals surface area (Å²) in [6.45, 7) is 6.25. The summed E-state index contributed by atoms with van der Waals surface area (Å²) < 4.78 is 28.6. The first-order chi connectivity index (χ1) is 31.1. The highest BCUT2D eigenvalue weighted by Crippen LogP contribution is 2.38. The summed E-state index contributed by atoms with van der Waals surface area (Å²) in [5.41, 5.74) is 11.0. The number of aryl methyl sites for hydroxylation is 4. The lowest BCUT2D eigenvalue weighted by molar-refractivity contribution is 0.0478. The van der Waals surface area contributed by atoms with Crippen LogP contribution in [0.3, 0.4) is 0 Å². The molecule has 4 heterocycles. The fraction of sp³-hybridized carbons (Fsp3) is 0.277. The zero-order chi connectivity index (χ0) is 44.9. The quantitative estimate of drug-likeness (QED) is 0.0819. The Kier molecular flexibility index (Phi) is 13.5. The number of rotatable bonds is 13. The zero-order valence-corrected chi connectivity index (χ0v) is 39.0. The van der Waals surface area contributed by atoms with Gasteiger partial charge in [0.1, 0.15) is 34.3 Å². The molecule has 0 fully saturated rings. The number of nitrogens with one attached hydrogen (secondary N) is 2. The minimum atomic E-state index is -0.508. The summed E-state index contributed by atoms with van der Waals surface area (Å²) in [7, 11) is 3.21. The van der Waals surface area contributed by atoms with Gasteiger partial charge in [0, 0.05) is 38.9 Å². The third kappa shape index (κ3) is 9.13. The van der Waals surface area contributed by atoms with Crippen molar-refractivity contribution in [1.29, 1.82) is 0 Å². The number of aromatic nitrogens is 6. The lowest BCUT2D eigenvalue weighted by Gasteiger charge is -2.16. The van der Waals surface area contributed by atoms with E-state index in [0.29, 0.717) is 77.6 Å². The molecule has 0 atom stereocenters. The number of Topliss-reactive ketones (excluding diaryl/α,β-unsaturated/α-hetero) is 1. The van der Waals surface area contributed by atoms with Gasteiger partial charge < -0.3 is 33.9 Å². The summed E-state index contributed by atoms with van der Waals surface area (Å²) in [6.07, 6.45) is 8.34. The molecule has 0 bridgehead atoms. The van der Waals surface area contributed by atoms with Crippen LogP contribution in [0, 0.1) is 0 Å². The average molecular weight is 993 g/mol. The third-order valence-electron chi connectivity index (χ3n) is 11.0. The lowest BCUT2D eigenvalue weighted by Crippen LogP contribution is -2.13. The number of fused-ring (bicyclic) bond motifs is 6. The van der Waals surface area contributed by atoms with E-state index >= 15 is 0 Å². The van der Waals surface area contributed by atoms with Crippen molar-refractivity contribution in [1.82, 2.24) is 30.2 Å². The number of methoxy groups -OCH3 is 2. The molecule has 328 valence electrons. The number of ketones is 1. The minimum Gasteiger partial charge on any atom is -0.495 e. The smallest absolute Gasteiger partial charge is 0.377 e. The number of ether oxygens (including phenoxy) is 3. The van der Waals surface area contributed by atoms with Gasteiger partial charge in [-0.15, -0.1) is 0 Å². The molecule has 0 amide bonds. The number of hydrogen-bond donors (Lipinski definition) is 2. The van der Waals surface area contributed by atoms with E-state index in [2.05, 4.69) is 99.8 Å². The molecule has 0 saturated carbocycles. The minimum absolute atomic E-state index is 0.0465. The van der Waals surface area contributed by atoms with Gasteiger partial charge in [0.25, 0.3) is 0 Å². The van der Waals surface area contributed by atoms with Crippen molar-refractivity contribution in [3.63, 3.8) is 0 Å². The molecule has 9 rings (SSSR count). The van der Waals surface area contributed by atoms with Gasteiger partial charge in [-0.05, 0) is 110 Å². The van der Waals surface area contributed by atoms with Crippen molar-refractivity contribution in [2.24, 2.45) is 0 Å². The van der Waals surface area contributed by atoms with Gasteiger partial charge in [-0.2, -0.15) is 0 Å². The van der Waals surface area contributed by atoms with Crippen molar-refractivity contribution < 1.29 is 32.8 Å². The summed E-state index contributed by atoms with van der Waals surface area (Å²) in [6, 6.07) is 17.5. The number of carbonyl (C=O) groups excluding carboxylic acids is 2. The number of halogens is 2. The Labute approximate surface area is 386 Å². The Morgan fingerprint density at radius 3 is 1.66 bits per heavy atom. The van der Waals surface area contributed by atoms with Crippen LogP contribution in [0.5, 0.6) is 11.5 Å². The predicted molar refractivity (Wildman–Crippen MR) is 247 cm³/mol. The highest BCUT2D eigenvalue weighted by Gasteiger charge is 2.31. The van der Waals surface area contributed by atoms with Crippen LogP contribution >= 0.6 is 31.9 Å². The number of hydrogen-bond acceptors (Lipinski definition) is 15. The average Bonchev–Trinajstić information content (AvgIpc) is 3.96. The summed E-state index contributed by atoms with van der Waals surface area (Å²) in [4.78, 5) is 43.7. The largest absolute Gasteiger partial charge is 0.495 e. The molecule has 2 N–H and O–H groups in total. The van der Waals surface area contributed by atoms with Crippen LogP contribution < -0.4 is 20.1 Å².